The van der Waals surface area contributed by atoms with Crippen molar-refractivity contribution in [3.05, 3.63) is 34.3 Å². The number of hydrogen-bond acceptors (Lipinski definition) is 3. The predicted molar refractivity (Wildman–Crippen MR) is 75.6 cm³/mol. The molecular weight excluding hydrogens is 318 g/mol. The van der Waals surface area contributed by atoms with Crippen LogP contribution in [0, 0.1) is 0 Å². The summed E-state index contributed by atoms with van der Waals surface area (Å²) in [6, 6.07) is 7.96. The Morgan fingerprint density at radius 3 is 2.67 bits per heavy atom. The van der Waals surface area contributed by atoms with E-state index in [1.54, 1.807) is 0 Å². The van der Waals surface area contributed by atoms with Gasteiger partial charge in [0.05, 0.1) is 12.4 Å². The van der Waals surface area contributed by atoms with Crippen molar-refractivity contribution in [3.63, 3.8) is 0 Å². The number of hydrogen-bond donors (Lipinski definition) is 1. The molecule has 0 radical (unpaired) electrons. The van der Waals surface area contributed by atoms with Crippen LogP contribution in [0.4, 0.5) is 0 Å². The number of rotatable bonds is 8. The predicted octanol–water partition coefficient (Wildman–Crippen LogP) is 2.42. The average molecular weight is 336 g/mol. The molecule has 0 bridgehead atoms. The minimum absolute atomic E-state index is 0.0542. The molecule has 4 nitrogen and oxygen atoms in total. The van der Waals surface area contributed by atoms with E-state index in [4.69, 9.17) is 9.88 Å². The molecule has 0 amide bonds. The first-order chi connectivity index (χ1) is 8.47. The van der Waals surface area contributed by atoms with Gasteiger partial charge >= 0.3 is 0 Å². The third-order valence-electron chi connectivity index (χ3n) is 2.38. The van der Waals surface area contributed by atoms with Crippen molar-refractivity contribution in [1.82, 2.24) is 0 Å². The van der Waals surface area contributed by atoms with Crippen LogP contribution >= 0.6 is 15.9 Å². The first-order valence-corrected chi connectivity index (χ1v) is 8.31. The summed E-state index contributed by atoms with van der Waals surface area (Å²) in [5.74, 6) is 0.0542. The Morgan fingerprint density at radius 2 is 2.00 bits per heavy atom. The smallest absolute Gasteiger partial charge is 0.209 e. The fourth-order valence-electron chi connectivity index (χ4n) is 1.50. The van der Waals surface area contributed by atoms with E-state index in [1.807, 2.05) is 24.3 Å². The molecule has 1 aromatic carbocycles. The van der Waals surface area contributed by atoms with E-state index < -0.39 is 10.0 Å². The van der Waals surface area contributed by atoms with Gasteiger partial charge in [0, 0.05) is 11.1 Å². The van der Waals surface area contributed by atoms with Gasteiger partial charge < -0.3 is 4.74 Å². The van der Waals surface area contributed by atoms with Crippen molar-refractivity contribution in [2.75, 3.05) is 12.4 Å². The van der Waals surface area contributed by atoms with E-state index in [2.05, 4.69) is 15.9 Å². The zero-order chi connectivity index (χ0) is 13.4. The molecular formula is C12H18BrNO3S. The molecule has 1 aromatic rings. The Labute approximate surface area is 117 Å². The van der Waals surface area contributed by atoms with Gasteiger partial charge in [-0.25, -0.2) is 13.6 Å². The maximum Gasteiger partial charge on any atom is 0.209 e. The van der Waals surface area contributed by atoms with Gasteiger partial charge in [0.1, 0.15) is 0 Å². The maximum atomic E-state index is 10.7. The fourth-order valence-corrected chi connectivity index (χ4v) is 2.55. The molecule has 18 heavy (non-hydrogen) atoms. The minimum atomic E-state index is -3.31. The zero-order valence-electron chi connectivity index (χ0n) is 10.1. The van der Waals surface area contributed by atoms with Crippen LogP contribution in [-0.4, -0.2) is 20.8 Å². The SMILES string of the molecule is NS(=O)(=O)CCCCCOCc1cccc(Br)c1. The quantitative estimate of drug-likeness (QED) is 0.741. The Morgan fingerprint density at radius 1 is 1.22 bits per heavy atom. The summed E-state index contributed by atoms with van der Waals surface area (Å²) < 4.78 is 27.9. The molecule has 0 spiro atoms. The first-order valence-electron chi connectivity index (χ1n) is 5.80. The highest BCUT2D eigenvalue weighted by Crippen LogP contribution is 2.12. The Kier molecular flexibility index (Phi) is 6.85. The van der Waals surface area contributed by atoms with Gasteiger partial charge in [0.2, 0.25) is 10.0 Å². The van der Waals surface area contributed by atoms with E-state index in [9.17, 15) is 8.42 Å². The van der Waals surface area contributed by atoms with Crippen molar-refractivity contribution in [3.8, 4) is 0 Å². The lowest BCUT2D eigenvalue weighted by Crippen LogP contribution is -2.16. The van der Waals surface area contributed by atoms with E-state index >= 15 is 0 Å². The second kappa shape index (κ2) is 7.89. The summed E-state index contributed by atoms with van der Waals surface area (Å²) in [5, 5.41) is 4.90. The second-order valence-corrected chi connectivity index (χ2v) is 6.76. The normalized spacial score (nSPS) is 11.7. The standard InChI is InChI=1S/C12H18BrNO3S/c13-12-6-4-5-11(9-12)10-17-7-2-1-3-8-18(14,15)16/h4-6,9H,1-3,7-8,10H2,(H2,14,15,16). The Bertz CT molecular complexity index is 462. The molecule has 0 fully saturated rings. The summed E-state index contributed by atoms with van der Waals surface area (Å²) in [6.45, 7) is 1.21. The number of nitrogens with two attached hydrogens (primary N) is 1. The van der Waals surface area contributed by atoms with Crippen LogP contribution < -0.4 is 5.14 Å². The maximum absolute atomic E-state index is 10.7. The summed E-state index contributed by atoms with van der Waals surface area (Å²) in [6.07, 6.45) is 2.26. The number of halogens is 1. The molecule has 102 valence electrons. The van der Waals surface area contributed by atoms with Gasteiger partial charge in [-0.15, -0.1) is 0 Å². The second-order valence-electron chi connectivity index (χ2n) is 4.11. The van der Waals surface area contributed by atoms with Crippen molar-refractivity contribution >= 4 is 26.0 Å². The summed E-state index contributed by atoms with van der Waals surface area (Å²) in [7, 11) is -3.31. The van der Waals surface area contributed by atoms with Gasteiger partial charge in [0.15, 0.2) is 0 Å². The molecule has 0 atom stereocenters. The molecule has 0 saturated heterocycles. The number of primary sulfonamides is 1. The lowest BCUT2D eigenvalue weighted by molar-refractivity contribution is 0.117. The minimum Gasteiger partial charge on any atom is -0.377 e. The average Bonchev–Trinajstić information content (AvgIpc) is 2.26. The van der Waals surface area contributed by atoms with Crippen LogP contribution in [-0.2, 0) is 21.4 Å². The van der Waals surface area contributed by atoms with E-state index in [1.165, 1.54) is 0 Å². The van der Waals surface area contributed by atoms with Gasteiger partial charge in [-0.05, 0) is 30.5 Å². The van der Waals surface area contributed by atoms with Crippen molar-refractivity contribution in [2.45, 2.75) is 25.9 Å². The number of benzene rings is 1. The van der Waals surface area contributed by atoms with Crippen LogP contribution in [0.15, 0.2) is 28.7 Å². The van der Waals surface area contributed by atoms with E-state index in [-0.39, 0.29) is 5.75 Å². The third-order valence-corrected chi connectivity index (χ3v) is 3.73. The molecule has 0 aliphatic rings. The summed E-state index contributed by atoms with van der Waals surface area (Å²) >= 11 is 3.40. The van der Waals surface area contributed by atoms with Crippen molar-refractivity contribution in [1.29, 1.82) is 0 Å². The van der Waals surface area contributed by atoms with Crippen molar-refractivity contribution in [2.24, 2.45) is 5.14 Å². The van der Waals surface area contributed by atoms with Crippen molar-refractivity contribution < 1.29 is 13.2 Å². The highest BCUT2D eigenvalue weighted by molar-refractivity contribution is 9.10. The number of ether oxygens (including phenoxy) is 1. The van der Waals surface area contributed by atoms with Crippen LogP contribution in [0.2, 0.25) is 0 Å². The zero-order valence-corrected chi connectivity index (χ0v) is 12.5. The van der Waals surface area contributed by atoms with Crippen LogP contribution in [0.5, 0.6) is 0 Å². The monoisotopic (exact) mass is 335 g/mol. The summed E-state index contributed by atoms with van der Waals surface area (Å²) in [4.78, 5) is 0. The highest BCUT2D eigenvalue weighted by Gasteiger charge is 2.01. The van der Waals surface area contributed by atoms with Crippen LogP contribution in [0.3, 0.4) is 0 Å². The number of sulfonamides is 1. The highest BCUT2D eigenvalue weighted by atomic mass is 79.9. The Hall–Kier alpha value is -0.430. The topological polar surface area (TPSA) is 69.4 Å². The molecule has 2 N–H and O–H groups in total. The summed E-state index contributed by atoms with van der Waals surface area (Å²) in [5.41, 5.74) is 1.12. The molecule has 6 heteroatoms. The molecule has 0 aliphatic heterocycles. The lowest BCUT2D eigenvalue weighted by atomic mass is 10.2. The molecule has 1 rings (SSSR count). The Balaban J connectivity index is 2.06. The molecule has 0 heterocycles. The number of unbranched alkanes of at least 4 members (excludes halogenated alkanes) is 2. The molecule has 0 aromatic heterocycles. The largest absolute Gasteiger partial charge is 0.377 e. The van der Waals surface area contributed by atoms with Gasteiger partial charge in [-0.3, -0.25) is 0 Å². The fraction of sp³-hybridized carbons (Fsp3) is 0.500. The van der Waals surface area contributed by atoms with Crippen LogP contribution in [0.25, 0.3) is 0 Å². The molecule has 0 aliphatic carbocycles. The van der Waals surface area contributed by atoms with Gasteiger partial charge in [-0.1, -0.05) is 34.5 Å². The van der Waals surface area contributed by atoms with Gasteiger partial charge in [-0.2, -0.15) is 0 Å². The van der Waals surface area contributed by atoms with Crippen LogP contribution in [0.1, 0.15) is 24.8 Å². The first kappa shape index (κ1) is 15.6. The third kappa shape index (κ3) is 7.81. The van der Waals surface area contributed by atoms with Gasteiger partial charge in [0.25, 0.3) is 0 Å². The molecule has 0 unspecified atom stereocenters. The van der Waals surface area contributed by atoms with E-state index in [0.717, 1.165) is 22.9 Å². The lowest BCUT2D eigenvalue weighted by Gasteiger charge is -2.04. The molecule has 0 saturated carbocycles. The van der Waals surface area contributed by atoms with E-state index in [0.29, 0.717) is 19.6 Å².